The molecule has 2 aliphatic heterocycles. The Balaban J connectivity index is 1.83. The van der Waals surface area contributed by atoms with Crippen LogP contribution in [0.3, 0.4) is 0 Å². The topological polar surface area (TPSA) is 75.2 Å². The molecule has 0 bridgehead atoms. The van der Waals surface area contributed by atoms with E-state index in [-0.39, 0.29) is 11.1 Å². The molecule has 2 saturated heterocycles. The van der Waals surface area contributed by atoms with Crippen molar-refractivity contribution in [3.8, 4) is 0 Å². The standard InChI is InChI=1S/C13H14N4O2S/c1-8-3-5-17(7-8)12-14-4-2-9(15-12)6-10-11(18)16-13(19)20-10/h2,4,6,8H,3,5,7H2,1H3,(H,16,18,19)/b10-6-. The highest BCUT2D eigenvalue weighted by molar-refractivity contribution is 8.18. The van der Waals surface area contributed by atoms with Crippen molar-refractivity contribution in [3.05, 3.63) is 22.9 Å². The van der Waals surface area contributed by atoms with Crippen molar-refractivity contribution in [1.82, 2.24) is 15.3 Å². The SMILES string of the molecule is CC1CCN(c2nccc(/C=C3\SC(=O)NC3=O)n2)C1. The van der Waals surface area contributed by atoms with Gasteiger partial charge in [-0.3, -0.25) is 14.9 Å². The molecular formula is C13H14N4O2S. The van der Waals surface area contributed by atoms with E-state index < -0.39 is 0 Å². The van der Waals surface area contributed by atoms with Gasteiger partial charge in [-0.05, 0) is 36.2 Å². The fourth-order valence-electron chi connectivity index (χ4n) is 2.27. The molecule has 1 atom stereocenters. The molecule has 0 aliphatic carbocycles. The first-order chi connectivity index (χ1) is 9.61. The molecule has 20 heavy (non-hydrogen) atoms. The summed E-state index contributed by atoms with van der Waals surface area (Å²) in [6.07, 6.45) is 4.44. The van der Waals surface area contributed by atoms with Crippen molar-refractivity contribution in [2.75, 3.05) is 18.0 Å². The fraction of sp³-hybridized carbons (Fsp3) is 0.385. The maximum absolute atomic E-state index is 11.5. The van der Waals surface area contributed by atoms with E-state index in [4.69, 9.17) is 0 Å². The van der Waals surface area contributed by atoms with Crippen LogP contribution in [-0.2, 0) is 4.79 Å². The highest BCUT2D eigenvalue weighted by Crippen LogP contribution is 2.26. The molecule has 1 aromatic heterocycles. The average molecular weight is 290 g/mol. The number of anilines is 1. The van der Waals surface area contributed by atoms with Crippen molar-refractivity contribution in [1.29, 1.82) is 0 Å². The first-order valence-electron chi connectivity index (χ1n) is 6.44. The number of imide groups is 1. The number of nitrogens with one attached hydrogen (secondary N) is 1. The van der Waals surface area contributed by atoms with E-state index in [0.29, 0.717) is 22.5 Å². The van der Waals surface area contributed by atoms with Crippen LogP contribution < -0.4 is 10.2 Å². The van der Waals surface area contributed by atoms with Crippen molar-refractivity contribution in [2.45, 2.75) is 13.3 Å². The fourth-order valence-corrected chi connectivity index (χ4v) is 2.93. The summed E-state index contributed by atoms with van der Waals surface area (Å²) in [7, 11) is 0. The van der Waals surface area contributed by atoms with Gasteiger partial charge >= 0.3 is 0 Å². The smallest absolute Gasteiger partial charge is 0.290 e. The second-order valence-electron chi connectivity index (χ2n) is 4.97. The van der Waals surface area contributed by atoms with E-state index in [1.54, 1.807) is 18.3 Å². The van der Waals surface area contributed by atoms with Gasteiger partial charge in [0, 0.05) is 19.3 Å². The van der Waals surface area contributed by atoms with Crippen molar-refractivity contribution < 1.29 is 9.59 Å². The Labute approximate surface area is 120 Å². The Hall–Kier alpha value is -1.89. The predicted molar refractivity (Wildman–Crippen MR) is 77.1 cm³/mol. The minimum Gasteiger partial charge on any atom is -0.341 e. The normalized spacial score (nSPS) is 24.6. The number of carbonyl (C=O) groups excluding carboxylic acids is 2. The third-order valence-corrected chi connectivity index (χ3v) is 4.10. The molecule has 7 heteroatoms. The largest absolute Gasteiger partial charge is 0.341 e. The lowest BCUT2D eigenvalue weighted by Gasteiger charge is -2.15. The van der Waals surface area contributed by atoms with Crippen LogP contribution in [0.2, 0.25) is 0 Å². The molecule has 1 aromatic rings. The van der Waals surface area contributed by atoms with Crippen LogP contribution in [-0.4, -0.2) is 34.2 Å². The van der Waals surface area contributed by atoms with Crippen LogP contribution in [0.4, 0.5) is 10.7 Å². The van der Waals surface area contributed by atoms with E-state index >= 15 is 0 Å². The Morgan fingerprint density at radius 1 is 1.50 bits per heavy atom. The van der Waals surface area contributed by atoms with Gasteiger partial charge in [-0.25, -0.2) is 9.97 Å². The molecule has 1 N–H and O–H groups in total. The summed E-state index contributed by atoms with van der Waals surface area (Å²) in [4.78, 5) is 33.8. The van der Waals surface area contributed by atoms with Gasteiger partial charge < -0.3 is 4.90 Å². The van der Waals surface area contributed by atoms with Crippen LogP contribution >= 0.6 is 11.8 Å². The molecule has 2 fully saturated rings. The van der Waals surface area contributed by atoms with Gasteiger partial charge in [0.15, 0.2) is 0 Å². The predicted octanol–water partition coefficient (Wildman–Crippen LogP) is 1.65. The van der Waals surface area contributed by atoms with Crippen molar-refractivity contribution in [2.24, 2.45) is 5.92 Å². The highest BCUT2D eigenvalue weighted by Gasteiger charge is 2.25. The lowest BCUT2D eigenvalue weighted by molar-refractivity contribution is -0.115. The number of aromatic nitrogens is 2. The third-order valence-electron chi connectivity index (χ3n) is 3.29. The molecule has 0 aromatic carbocycles. The van der Waals surface area contributed by atoms with Gasteiger partial charge in [0.25, 0.3) is 11.1 Å². The Kier molecular flexibility index (Phi) is 3.43. The Bertz CT molecular complexity index is 602. The molecule has 0 radical (unpaired) electrons. The summed E-state index contributed by atoms with van der Waals surface area (Å²) < 4.78 is 0. The number of nitrogens with zero attached hydrogens (tertiary/aromatic N) is 3. The van der Waals surface area contributed by atoms with E-state index in [9.17, 15) is 9.59 Å². The van der Waals surface area contributed by atoms with Crippen LogP contribution in [0.25, 0.3) is 6.08 Å². The van der Waals surface area contributed by atoms with Gasteiger partial charge in [-0.1, -0.05) is 6.92 Å². The van der Waals surface area contributed by atoms with Gasteiger partial charge in [-0.2, -0.15) is 0 Å². The summed E-state index contributed by atoms with van der Waals surface area (Å²) in [6, 6.07) is 1.73. The number of carbonyl (C=O) groups is 2. The molecule has 0 spiro atoms. The summed E-state index contributed by atoms with van der Waals surface area (Å²) in [5.41, 5.74) is 0.641. The molecule has 6 nitrogen and oxygen atoms in total. The van der Waals surface area contributed by atoms with Crippen LogP contribution in [0.5, 0.6) is 0 Å². The van der Waals surface area contributed by atoms with Crippen LogP contribution in [0.15, 0.2) is 17.2 Å². The minimum atomic E-state index is -0.366. The molecule has 0 saturated carbocycles. The number of thioether (sulfide) groups is 1. The number of rotatable bonds is 2. The molecule has 2 aliphatic rings. The number of hydrogen-bond donors (Lipinski definition) is 1. The monoisotopic (exact) mass is 290 g/mol. The van der Waals surface area contributed by atoms with E-state index in [0.717, 1.165) is 31.3 Å². The molecular weight excluding hydrogens is 276 g/mol. The second-order valence-corrected chi connectivity index (χ2v) is 5.99. The summed E-state index contributed by atoms with van der Waals surface area (Å²) >= 11 is 0.895. The summed E-state index contributed by atoms with van der Waals surface area (Å²) in [5.74, 6) is 0.961. The van der Waals surface area contributed by atoms with E-state index in [2.05, 4.69) is 27.1 Å². The average Bonchev–Trinajstić information content (AvgIpc) is 2.97. The Morgan fingerprint density at radius 2 is 2.35 bits per heavy atom. The number of hydrogen-bond acceptors (Lipinski definition) is 6. The third kappa shape index (κ3) is 2.67. The van der Waals surface area contributed by atoms with E-state index in [1.165, 1.54) is 0 Å². The van der Waals surface area contributed by atoms with E-state index in [1.807, 2.05) is 0 Å². The zero-order valence-electron chi connectivity index (χ0n) is 11.0. The summed E-state index contributed by atoms with van der Waals surface area (Å²) in [5, 5.41) is 1.88. The van der Waals surface area contributed by atoms with Crippen LogP contribution in [0.1, 0.15) is 19.0 Å². The molecule has 2 amide bonds. The second kappa shape index (κ2) is 5.24. The maximum atomic E-state index is 11.5. The molecule has 104 valence electrons. The summed E-state index contributed by atoms with van der Waals surface area (Å²) in [6.45, 7) is 4.11. The van der Waals surface area contributed by atoms with Crippen molar-refractivity contribution in [3.63, 3.8) is 0 Å². The minimum absolute atomic E-state index is 0.344. The van der Waals surface area contributed by atoms with Gasteiger partial charge in [0.2, 0.25) is 5.95 Å². The maximum Gasteiger partial charge on any atom is 0.290 e. The molecule has 3 heterocycles. The Morgan fingerprint density at radius 3 is 3.00 bits per heavy atom. The zero-order chi connectivity index (χ0) is 14.1. The number of amides is 2. The lowest BCUT2D eigenvalue weighted by Crippen LogP contribution is -2.21. The van der Waals surface area contributed by atoms with Crippen molar-refractivity contribution >= 4 is 34.9 Å². The van der Waals surface area contributed by atoms with Gasteiger partial charge in [0.1, 0.15) is 0 Å². The van der Waals surface area contributed by atoms with Gasteiger partial charge in [0.05, 0.1) is 10.6 Å². The molecule has 3 rings (SSSR count). The van der Waals surface area contributed by atoms with Crippen LogP contribution in [0, 0.1) is 5.92 Å². The zero-order valence-corrected chi connectivity index (χ0v) is 11.8. The first kappa shape index (κ1) is 13.1. The first-order valence-corrected chi connectivity index (χ1v) is 7.26. The highest BCUT2D eigenvalue weighted by atomic mass is 32.2. The lowest BCUT2D eigenvalue weighted by atomic mass is 10.2. The quantitative estimate of drug-likeness (QED) is 0.835. The van der Waals surface area contributed by atoms with Gasteiger partial charge in [-0.15, -0.1) is 0 Å². The molecule has 1 unspecified atom stereocenters.